The summed E-state index contributed by atoms with van der Waals surface area (Å²) in [5.41, 5.74) is 9.59. The largest absolute Gasteiger partial charge is 0.383 e. The first-order valence-electron chi connectivity index (χ1n) is 9.98. The summed E-state index contributed by atoms with van der Waals surface area (Å²) in [6, 6.07) is 15.1. The maximum absolute atomic E-state index is 12.6. The molecule has 0 aliphatic carbocycles. The van der Waals surface area contributed by atoms with Crippen molar-refractivity contribution in [1.82, 2.24) is 20.4 Å². The lowest BCUT2D eigenvalue weighted by molar-refractivity contribution is 0.0935. The van der Waals surface area contributed by atoms with Crippen molar-refractivity contribution in [2.24, 2.45) is 0 Å². The van der Waals surface area contributed by atoms with Crippen LogP contribution in [0.3, 0.4) is 0 Å². The third-order valence-electron chi connectivity index (χ3n) is 5.04. The van der Waals surface area contributed by atoms with E-state index in [-0.39, 0.29) is 23.7 Å². The van der Waals surface area contributed by atoms with Gasteiger partial charge in [-0.3, -0.25) is 9.59 Å². The fourth-order valence-corrected chi connectivity index (χ4v) is 2.99. The molecule has 0 radical (unpaired) electrons. The second kappa shape index (κ2) is 9.26. The highest BCUT2D eigenvalue weighted by Crippen LogP contribution is 2.22. The summed E-state index contributed by atoms with van der Waals surface area (Å²) in [6.07, 6.45) is 2.29. The van der Waals surface area contributed by atoms with E-state index in [0.717, 1.165) is 17.5 Å². The lowest BCUT2D eigenvalue weighted by Gasteiger charge is -2.14. The van der Waals surface area contributed by atoms with Crippen molar-refractivity contribution < 1.29 is 9.59 Å². The molecule has 2 amide bonds. The van der Waals surface area contributed by atoms with E-state index in [1.807, 2.05) is 57.2 Å². The Morgan fingerprint density at radius 3 is 2.57 bits per heavy atom. The summed E-state index contributed by atoms with van der Waals surface area (Å²) >= 11 is 0. The number of nitrogens with one attached hydrogen (secondary N) is 2. The van der Waals surface area contributed by atoms with E-state index in [2.05, 4.69) is 15.7 Å². The monoisotopic (exact) mass is 405 g/mol. The van der Waals surface area contributed by atoms with Gasteiger partial charge in [-0.05, 0) is 43.5 Å². The van der Waals surface area contributed by atoms with Crippen molar-refractivity contribution in [3.63, 3.8) is 0 Å². The Bertz CT molecular complexity index is 1040. The van der Waals surface area contributed by atoms with Crippen molar-refractivity contribution in [2.75, 3.05) is 5.73 Å². The van der Waals surface area contributed by atoms with Gasteiger partial charge in [-0.15, -0.1) is 0 Å². The molecule has 2 aromatic carbocycles. The number of nitrogen functional groups attached to an aromatic ring is 1. The molecule has 3 rings (SSSR count). The zero-order valence-corrected chi connectivity index (χ0v) is 17.5. The van der Waals surface area contributed by atoms with Crippen LogP contribution in [-0.2, 0) is 6.54 Å². The van der Waals surface area contributed by atoms with Crippen LogP contribution in [0.4, 0.5) is 5.82 Å². The van der Waals surface area contributed by atoms with Crippen LogP contribution >= 0.6 is 0 Å². The minimum absolute atomic E-state index is 0.0805. The molecule has 0 aliphatic rings. The Morgan fingerprint density at radius 2 is 1.87 bits per heavy atom. The van der Waals surface area contributed by atoms with Crippen LogP contribution in [0.25, 0.3) is 5.69 Å². The molecule has 30 heavy (non-hydrogen) atoms. The second-order valence-electron chi connectivity index (χ2n) is 7.31. The predicted molar refractivity (Wildman–Crippen MR) is 118 cm³/mol. The van der Waals surface area contributed by atoms with Gasteiger partial charge in [0, 0.05) is 18.2 Å². The number of hydrogen-bond acceptors (Lipinski definition) is 4. The van der Waals surface area contributed by atoms with Crippen LogP contribution in [0.15, 0.2) is 54.7 Å². The Kier molecular flexibility index (Phi) is 6.51. The molecule has 7 nitrogen and oxygen atoms in total. The van der Waals surface area contributed by atoms with Gasteiger partial charge in [0.15, 0.2) is 0 Å². The topological polar surface area (TPSA) is 102 Å². The number of aromatic nitrogens is 2. The standard InChI is InChI=1S/C23H27N5O2/c1-4-16(3)27-22(29)18-11-10-15(2)20(12-18)28-21(24)19(14-26-28)23(30)25-13-17-8-6-5-7-9-17/h5-12,14,16H,4,13,24H2,1-3H3,(H,25,30)(H,27,29). The summed E-state index contributed by atoms with van der Waals surface area (Å²) in [7, 11) is 0. The summed E-state index contributed by atoms with van der Waals surface area (Å²) in [4.78, 5) is 25.1. The SMILES string of the molecule is CCC(C)NC(=O)c1ccc(C)c(-n2ncc(C(=O)NCc3ccccc3)c2N)c1. The van der Waals surface area contributed by atoms with E-state index in [0.29, 0.717) is 23.4 Å². The number of carbonyl (C=O) groups excluding carboxylic acids is 2. The normalized spacial score (nSPS) is 11.7. The quantitative estimate of drug-likeness (QED) is 0.562. The summed E-state index contributed by atoms with van der Waals surface area (Å²) < 4.78 is 1.49. The first kappa shape index (κ1) is 21.1. The van der Waals surface area contributed by atoms with Gasteiger partial charge in [0.05, 0.1) is 11.9 Å². The van der Waals surface area contributed by atoms with E-state index in [4.69, 9.17) is 5.73 Å². The van der Waals surface area contributed by atoms with Crippen LogP contribution in [0, 0.1) is 6.92 Å². The molecule has 7 heteroatoms. The van der Waals surface area contributed by atoms with Gasteiger partial charge >= 0.3 is 0 Å². The summed E-state index contributed by atoms with van der Waals surface area (Å²) in [5, 5.41) is 10.1. The molecule has 3 aromatic rings. The predicted octanol–water partition coefficient (Wildman–Crippen LogP) is 3.22. The molecule has 0 saturated carbocycles. The van der Waals surface area contributed by atoms with Crippen LogP contribution < -0.4 is 16.4 Å². The molecular weight excluding hydrogens is 378 g/mol. The van der Waals surface area contributed by atoms with Gasteiger partial charge in [0.2, 0.25) is 0 Å². The first-order chi connectivity index (χ1) is 14.4. The van der Waals surface area contributed by atoms with Crippen LogP contribution in [0.1, 0.15) is 52.1 Å². The fourth-order valence-electron chi connectivity index (χ4n) is 2.99. The van der Waals surface area contributed by atoms with Gasteiger partial charge < -0.3 is 16.4 Å². The lowest BCUT2D eigenvalue weighted by atomic mass is 10.1. The Morgan fingerprint density at radius 1 is 1.13 bits per heavy atom. The number of anilines is 1. The Labute approximate surface area is 176 Å². The lowest BCUT2D eigenvalue weighted by Crippen LogP contribution is -2.32. The molecule has 0 spiro atoms. The second-order valence-corrected chi connectivity index (χ2v) is 7.31. The van der Waals surface area contributed by atoms with Gasteiger partial charge in [-0.2, -0.15) is 5.10 Å². The van der Waals surface area contributed by atoms with Crippen molar-refractivity contribution in [3.05, 3.63) is 77.0 Å². The maximum Gasteiger partial charge on any atom is 0.256 e. The van der Waals surface area contributed by atoms with E-state index in [1.165, 1.54) is 10.9 Å². The van der Waals surface area contributed by atoms with E-state index in [1.54, 1.807) is 12.1 Å². The van der Waals surface area contributed by atoms with Gasteiger partial charge in [0.25, 0.3) is 11.8 Å². The van der Waals surface area contributed by atoms with Crippen LogP contribution in [0.2, 0.25) is 0 Å². The van der Waals surface area contributed by atoms with E-state index in [9.17, 15) is 9.59 Å². The Hall–Kier alpha value is -3.61. The van der Waals surface area contributed by atoms with Crippen molar-refractivity contribution in [2.45, 2.75) is 39.8 Å². The molecule has 0 aliphatic heterocycles. The van der Waals surface area contributed by atoms with Gasteiger partial charge in [0.1, 0.15) is 11.4 Å². The van der Waals surface area contributed by atoms with Gasteiger partial charge in [-0.25, -0.2) is 4.68 Å². The average Bonchev–Trinajstić information content (AvgIpc) is 3.14. The smallest absolute Gasteiger partial charge is 0.256 e. The number of nitrogens with two attached hydrogens (primary N) is 1. The number of rotatable bonds is 7. The highest BCUT2D eigenvalue weighted by Gasteiger charge is 2.18. The Balaban J connectivity index is 1.81. The molecule has 0 bridgehead atoms. The third kappa shape index (κ3) is 4.68. The maximum atomic E-state index is 12.6. The molecule has 1 atom stereocenters. The van der Waals surface area contributed by atoms with Gasteiger partial charge in [-0.1, -0.05) is 43.3 Å². The van der Waals surface area contributed by atoms with Crippen LogP contribution in [0.5, 0.6) is 0 Å². The zero-order chi connectivity index (χ0) is 21.7. The molecule has 1 heterocycles. The van der Waals surface area contributed by atoms with E-state index < -0.39 is 0 Å². The molecule has 156 valence electrons. The highest BCUT2D eigenvalue weighted by molar-refractivity contribution is 5.98. The average molecular weight is 406 g/mol. The number of carbonyl (C=O) groups is 2. The summed E-state index contributed by atoms with van der Waals surface area (Å²) in [6.45, 7) is 6.27. The molecule has 0 fully saturated rings. The summed E-state index contributed by atoms with van der Waals surface area (Å²) in [5.74, 6) is -0.230. The zero-order valence-electron chi connectivity index (χ0n) is 17.5. The molecule has 1 aromatic heterocycles. The minimum Gasteiger partial charge on any atom is -0.383 e. The number of benzene rings is 2. The van der Waals surface area contributed by atoms with Crippen molar-refractivity contribution in [3.8, 4) is 5.69 Å². The molecular formula is C23H27N5O2. The van der Waals surface area contributed by atoms with Crippen molar-refractivity contribution in [1.29, 1.82) is 0 Å². The molecule has 1 unspecified atom stereocenters. The van der Waals surface area contributed by atoms with Crippen molar-refractivity contribution >= 4 is 17.6 Å². The van der Waals surface area contributed by atoms with Crippen LogP contribution in [-0.4, -0.2) is 27.6 Å². The third-order valence-corrected chi connectivity index (χ3v) is 5.04. The molecule has 4 N–H and O–H groups in total. The fraction of sp³-hybridized carbons (Fsp3) is 0.261. The van der Waals surface area contributed by atoms with E-state index >= 15 is 0 Å². The molecule has 0 saturated heterocycles. The number of hydrogen-bond donors (Lipinski definition) is 3. The first-order valence-corrected chi connectivity index (χ1v) is 9.98. The number of nitrogens with zero attached hydrogens (tertiary/aromatic N) is 2. The highest BCUT2D eigenvalue weighted by atomic mass is 16.2. The minimum atomic E-state index is -0.300. The number of aryl methyl sites for hydroxylation is 1. The number of amides is 2.